The highest BCUT2D eigenvalue weighted by molar-refractivity contribution is 6.30. The van der Waals surface area contributed by atoms with Crippen molar-refractivity contribution in [3.63, 3.8) is 0 Å². The second-order valence-corrected chi connectivity index (χ2v) is 5.19. The van der Waals surface area contributed by atoms with Gasteiger partial charge in [0, 0.05) is 25.5 Å². The van der Waals surface area contributed by atoms with Gasteiger partial charge in [-0.25, -0.2) is 14.4 Å². The smallest absolute Gasteiger partial charge is 0.318 e. The maximum absolute atomic E-state index is 13.5. The van der Waals surface area contributed by atoms with E-state index >= 15 is 0 Å². The van der Waals surface area contributed by atoms with Crippen LogP contribution in [0.4, 0.5) is 10.2 Å². The first-order valence-electron chi connectivity index (χ1n) is 6.65. The van der Waals surface area contributed by atoms with Gasteiger partial charge in [0.15, 0.2) is 11.6 Å². The van der Waals surface area contributed by atoms with Crippen LogP contribution in [0.15, 0.2) is 35.5 Å². The Hall–Kier alpha value is -2.21. The minimum atomic E-state index is -0.594. The van der Waals surface area contributed by atoms with Crippen LogP contribution in [0.2, 0.25) is 5.02 Å². The van der Waals surface area contributed by atoms with Gasteiger partial charge in [-0.15, -0.1) is 0 Å². The van der Waals surface area contributed by atoms with Crippen LogP contribution in [0, 0.1) is 5.82 Å². The van der Waals surface area contributed by atoms with Gasteiger partial charge >= 0.3 is 6.01 Å². The molecule has 0 spiro atoms. The standard InChI is InChI=1S/C15H16ClFN4O/c1-21(2)10-19-14-13(17)9-18-15(20-14)22-8-7-11-3-5-12(16)6-4-11/h3-6,9-10H,7-8H2,1-2H3/b19-10+. The van der Waals surface area contributed by atoms with Crippen molar-refractivity contribution in [3.8, 4) is 6.01 Å². The lowest BCUT2D eigenvalue weighted by Crippen LogP contribution is -2.08. The largest absolute Gasteiger partial charge is 0.463 e. The van der Waals surface area contributed by atoms with Gasteiger partial charge in [0.1, 0.15) is 0 Å². The van der Waals surface area contributed by atoms with E-state index in [1.54, 1.807) is 19.0 Å². The molecule has 2 rings (SSSR count). The summed E-state index contributed by atoms with van der Waals surface area (Å²) in [6.07, 6.45) is 3.18. The summed E-state index contributed by atoms with van der Waals surface area (Å²) in [7, 11) is 3.57. The number of hydrogen-bond donors (Lipinski definition) is 0. The zero-order valence-electron chi connectivity index (χ0n) is 12.3. The molecule has 0 amide bonds. The first kappa shape index (κ1) is 16.2. The highest BCUT2D eigenvalue weighted by atomic mass is 35.5. The summed E-state index contributed by atoms with van der Waals surface area (Å²) in [5.41, 5.74) is 1.08. The molecular formula is C15H16ClFN4O. The molecule has 2 aromatic rings. The normalized spacial score (nSPS) is 10.9. The molecule has 0 radical (unpaired) electrons. The van der Waals surface area contributed by atoms with Crippen molar-refractivity contribution in [2.45, 2.75) is 6.42 Å². The number of aliphatic imine (C=N–C) groups is 1. The lowest BCUT2D eigenvalue weighted by molar-refractivity contribution is 0.295. The summed E-state index contributed by atoms with van der Waals surface area (Å²) in [4.78, 5) is 13.3. The van der Waals surface area contributed by atoms with Gasteiger partial charge in [0.25, 0.3) is 0 Å². The van der Waals surface area contributed by atoms with Crippen LogP contribution in [-0.2, 0) is 6.42 Å². The summed E-state index contributed by atoms with van der Waals surface area (Å²) in [5, 5.41) is 0.690. The molecule has 0 aliphatic rings. The Bertz CT molecular complexity index is 646. The van der Waals surface area contributed by atoms with Gasteiger partial charge < -0.3 is 9.64 Å². The number of aromatic nitrogens is 2. The van der Waals surface area contributed by atoms with Crippen LogP contribution in [0.5, 0.6) is 6.01 Å². The summed E-state index contributed by atoms with van der Waals surface area (Å²) in [6.45, 7) is 0.379. The van der Waals surface area contributed by atoms with E-state index in [4.69, 9.17) is 16.3 Å². The fourth-order valence-corrected chi connectivity index (χ4v) is 1.71. The van der Waals surface area contributed by atoms with Gasteiger partial charge in [0.05, 0.1) is 19.1 Å². The molecule has 0 bridgehead atoms. The van der Waals surface area contributed by atoms with E-state index in [1.807, 2.05) is 24.3 Å². The zero-order chi connectivity index (χ0) is 15.9. The Morgan fingerprint density at radius 3 is 2.73 bits per heavy atom. The molecule has 7 heteroatoms. The maximum Gasteiger partial charge on any atom is 0.318 e. The molecule has 1 aromatic heterocycles. The second-order valence-electron chi connectivity index (χ2n) is 4.76. The Balaban J connectivity index is 1.95. The highest BCUT2D eigenvalue weighted by Crippen LogP contribution is 2.16. The van der Waals surface area contributed by atoms with Crippen molar-refractivity contribution in [1.82, 2.24) is 14.9 Å². The molecule has 0 fully saturated rings. The monoisotopic (exact) mass is 322 g/mol. The van der Waals surface area contributed by atoms with Gasteiger partial charge in [-0.2, -0.15) is 4.98 Å². The summed E-state index contributed by atoms with van der Waals surface area (Å²) in [5.74, 6) is -0.645. The lowest BCUT2D eigenvalue weighted by atomic mass is 10.2. The Kier molecular flexibility index (Phi) is 5.66. The van der Waals surface area contributed by atoms with Crippen LogP contribution in [0.3, 0.4) is 0 Å². The quantitative estimate of drug-likeness (QED) is 0.605. The van der Waals surface area contributed by atoms with E-state index in [2.05, 4.69) is 15.0 Å². The molecule has 5 nitrogen and oxygen atoms in total. The topological polar surface area (TPSA) is 50.6 Å². The number of ether oxygens (including phenoxy) is 1. The van der Waals surface area contributed by atoms with Crippen LogP contribution in [-0.4, -0.2) is 41.9 Å². The van der Waals surface area contributed by atoms with Crippen LogP contribution >= 0.6 is 11.6 Å². The lowest BCUT2D eigenvalue weighted by Gasteiger charge is -2.06. The third kappa shape index (κ3) is 4.96. The predicted molar refractivity (Wildman–Crippen MR) is 84.5 cm³/mol. The summed E-state index contributed by atoms with van der Waals surface area (Å²) < 4.78 is 19.0. The fourth-order valence-electron chi connectivity index (χ4n) is 1.58. The highest BCUT2D eigenvalue weighted by Gasteiger charge is 2.06. The molecule has 22 heavy (non-hydrogen) atoms. The minimum Gasteiger partial charge on any atom is -0.463 e. The molecule has 0 aliphatic heterocycles. The van der Waals surface area contributed by atoms with Crippen molar-refractivity contribution in [1.29, 1.82) is 0 Å². The Labute approximate surface area is 133 Å². The van der Waals surface area contributed by atoms with Gasteiger partial charge in [0.2, 0.25) is 0 Å². The summed E-state index contributed by atoms with van der Waals surface area (Å²) in [6, 6.07) is 7.58. The molecule has 0 saturated carbocycles. The molecule has 0 aliphatic carbocycles. The zero-order valence-corrected chi connectivity index (χ0v) is 13.1. The molecule has 0 atom stereocenters. The maximum atomic E-state index is 13.5. The van der Waals surface area contributed by atoms with Gasteiger partial charge in [-0.3, -0.25) is 0 Å². The Morgan fingerprint density at radius 1 is 1.32 bits per heavy atom. The molecular weight excluding hydrogens is 307 g/mol. The SMILES string of the molecule is CN(C)/C=N/c1nc(OCCc2ccc(Cl)cc2)ncc1F. The average molecular weight is 323 g/mol. The molecule has 0 unspecified atom stereocenters. The van der Waals surface area contributed by atoms with E-state index in [9.17, 15) is 4.39 Å². The van der Waals surface area contributed by atoms with Crippen molar-refractivity contribution in [2.24, 2.45) is 4.99 Å². The van der Waals surface area contributed by atoms with E-state index in [0.717, 1.165) is 11.8 Å². The second kappa shape index (κ2) is 7.70. The average Bonchev–Trinajstić information content (AvgIpc) is 2.49. The van der Waals surface area contributed by atoms with Crippen molar-refractivity contribution >= 4 is 23.8 Å². The number of rotatable bonds is 6. The van der Waals surface area contributed by atoms with E-state index in [1.165, 1.54) is 6.34 Å². The minimum absolute atomic E-state index is 0.0507. The van der Waals surface area contributed by atoms with Crippen LogP contribution in [0.25, 0.3) is 0 Å². The molecule has 1 heterocycles. The van der Waals surface area contributed by atoms with E-state index in [0.29, 0.717) is 18.1 Å². The molecule has 0 saturated heterocycles. The van der Waals surface area contributed by atoms with Crippen LogP contribution in [0.1, 0.15) is 5.56 Å². The molecule has 116 valence electrons. The third-order valence-electron chi connectivity index (χ3n) is 2.65. The van der Waals surface area contributed by atoms with Crippen molar-refractivity contribution in [2.75, 3.05) is 20.7 Å². The summed E-state index contributed by atoms with van der Waals surface area (Å²) >= 11 is 5.82. The van der Waals surface area contributed by atoms with E-state index in [-0.39, 0.29) is 11.8 Å². The Morgan fingerprint density at radius 2 is 2.05 bits per heavy atom. The van der Waals surface area contributed by atoms with Crippen molar-refractivity contribution in [3.05, 3.63) is 46.9 Å². The number of hydrogen-bond acceptors (Lipinski definition) is 4. The van der Waals surface area contributed by atoms with Crippen LogP contribution < -0.4 is 4.74 Å². The number of halogens is 2. The van der Waals surface area contributed by atoms with Crippen molar-refractivity contribution < 1.29 is 9.13 Å². The number of benzene rings is 1. The molecule has 1 aromatic carbocycles. The first-order chi connectivity index (χ1) is 10.5. The first-order valence-corrected chi connectivity index (χ1v) is 7.03. The number of nitrogens with zero attached hydrogens (tertiary/aromatic N) is 4. The molecule has 0 N–H and O–H groups in total. The van der Waals surface area contributed by atoms with E-state index < -0.39 is 5.82 Å². The van der Waals surface area contributed by atoms with Gasteiger partial charge in [-0.1, -0.05) is 23.7 Å². The third-order valence-corrected chi connectivity index (χ3v) is 2.90. The van der Waals surface area contributed by atoms with Gasteiger partial charge in [-0.05, 0) is 17.7 Å². The predicted octanol–water partition coefficient (Wildman–Crippen LogP) is 3.11. The fraction of sp³-hybridized carbons (Fsp3) is 0.267.